The average molecular weight is 359 g/mol. The quantitative estimate of drug-likeness (QED) is 0.536. The predicted molar refractivity (Wildman–Crippen MR) is 77.6 cm³/mol. The van der Waals surface area contributed by atoms with Crippen molar-refractivity contribution in [3.8, 4) is 0 Å². The van der Waals surface area contributed by atoms with E-state index in [1.165, 1.54) is 12.1 Å². The van der Waals surface area contributed by atoms with Crippen LogP contribution in [0, 0.1) is 0 Å². The normalized spacial score (nSPS) is 15.6. The van der Waals surface area contributed by atoms with Crippen LogP contribution in [-0.2, 0) is 20.6 Å². The van der Waals surface area contributed by atoms with E-state index in [1.807, 2.05) is 9.44 Å². The zero-order chi connectivity index (χ0) is 16.3. The molecule has 0 heterocycles. The molecular weight excluding hydrogens is 344 g/mol. The molecule has 1 aromatic rings. The van der Waals surface area contributed by atoms with Crippen LogP contribution in [0.25, 0.3) is 0 Å². The fourth-order valence-electron chi connectivity index (χ4n) is 1.83. The Morgan fingerprint density at radius 3 is 2.05 bits per heavy atom. The summed E-state index contributed by atoms with van der Waals surface area (Å²) < 4.78 is 65.7. The summed E-state index contributed by atoms with van der Waals surface area (Å²) in [6, 6.07) is 3.88. The molecule has 0 aliphatic carbocycles. The van der Waals surface area contributed by atoms with Gasteiger partial charge in [-0.05, 0) is 18.1 Å². The third-order valence-electron chi connectivity index (χ3n) is 2.66. The summed E-state index contributed by atoms with van der Waals surface area (Å²) in [5.41, 5.74) is 0.250. The molecule has 21 heavy (non-hydrogen) atoms. The number of halogens is 1. The molecule has 0 aromatic heterocycles. The van der Waals surface area contributed by atoms with Gasteiger partial charge in [0.1, 0.15) is 0 Å². The Morgan fingerprint density at radius 1 is 1.10 bits per heavy atom. The first-order valence-electron chi connectivity index (χ1n) is 5.77. The molecular formula is C10H15ClN2O6S2. The van der Waals surface area contributed by atoms with Crippen LogP contribution < -0.4 is 9.44 Å². The van der Waals surface area contributed by atoms with Crippen molar-refractivity contribution in [3.05, 3.63) is 34.9 Å². The van der Waals surface area contributed by atoms with Crippen molar-refractivity contribution in [2.75, 3.05) is 0 Å². The van der Waals surface area contributed by atoms with Gasteiger partial charge in [0.05, 0.1) is 6.04 Å². The highest BCUT2D eigenvalue weighted by Gasteiger charge is 2.29. The van der Waals surface area contributed by atoms with Gasteiger partial charge in [-0.25, -0.2) is 0 Å². The Balaban J connectivity index is 3.27. The van der Waals surface area contributed by atoms with E-state index in [-0.39, 0.29) is 17.0 Å². The summed E-state index contributed by atoms with van der Waals surface area (Å²) >= 11 is 5.96. The second kappa shape index (κ2) is 7.01. The first-order chi connectivity index (χ1) is 9.53. The summed E-state index contributed by atoms with van der Waals surface area (Å²) in [5, 5.41) is 0.175. The van der Waals surface area contributed by atoms with E-state index in [1.54, 1.807) is 19.1 Å². The number of nitrogens with one attached hydrogen (secondary N) is 2. The monoisotopic (exact) mass is 358 g/mol. The van der Waals surface area contributed by atoms with Crippen LogP contribution in [0.1, 0.15) is 24.9 Å². The van der Waals surface area contributed by atoms with Gasteiger partial charge in [-0.2, -0.15) is 26.3 Å². The second-order valence-electron chi connectivity index (χ2n) is 4.20. The van der Waals surface area contributed by atoms with E-state index in [0.717, 1.165) is 0 Å². The minimum Gasteiger partial charge on any atom is -0.273 e. The van der Waals surface area contributed by atoms with Crippen molar-refractivity contribution >= 4 is 32.2 Å². The number of hydrogen-bond acceptors (Lipinski definition) is 4. The highest BCUT2D eigenvalue weighted by Crippen LogP contribution is 2.27. The molecule has 120 valence electrons. The molecule has 2 atom stereocenters. The Labute approximate surface area is 128 Å². The Morgan fingerprint density at radius 2 is 1.62 bits per heavy atom. The molecule has 4 N–H and O–H groups in total. The Bertz CT molecular complexity index is 691. The van der Waals surface area contributed by atoms with E-state index in [4.69, 9.17) is 20.7 Å². The first-order valence-corrected chi connectivity index (χ1v) is 9.03. The van der Waals surface area contributed by atoms with Gasteiger partial charge in [0.2, 0.25) is 0 Å². The predicted octanol–water partition coefficient (Wildman–Crippen LogP) is 0.945. The summed E-state index contributed by atoms with van der Waals surface area (Å²) in [5.74, 6) is 0. The second-order valence-corrected chi connectivity index (χ2v) is 6.98. The van der Waals surface area contributed by atoms with Gasteiger partial charge in [0, 0.05) is 11.1 Å². The zero-order valence-corrected chi connectivity index (χ0v) is 13.3. The summed E-state index contributed by atoms with van der Waals surface area (Å²) in [6.45, 7) is 1.57. The van der Waals surface area contributed by atoms with Crippen molar-refractivity contribution in [1.29, 1.82) is 0 Å². The zero-order valence-electron chi connectivity index (χ0n) is 10.9. The molecule has 0 amide bonds. The summed E-state index contributed by atoms with van der Waals surface area (Å²) in [7, 11) is -9.19. The molecule has 1 rings (SSSR count). The molecule has 0 bridgehead atoms. The minimum atomic E-state index is -4.62. The van der Waals surface area contributed by atoms with Crippen LogP contribution in [0.2, 0.25) is 5.02 Å². The number of benzene rings is 1. The van der Waals surface area contributed by atoms with E-state index >= 15 is 0 Å². The standard InChI is InChI=1S/C10H15ClN2O6S2/c1-2-9(12-20(14,15)16)10(13-21(17,18)19)7-5-3-4-6-8(7)11/h3-6,9-10,12-13H,2H2,1H3,(H,14,15,16)(H,17,18,19)/t9-,10-/m0/s1. The van der Waals surface area contributed by atoms with Crippen molar-refractivity contribution in [3.63, 3.8) is 0 Å². The maximum absolute atomic E-state index is 11.1. The topological polar surface area (TPSA) is 133 Å². The number of rotatable bonds is 7. The lowest BCUT2D eigenvalue weighted by Gasteiger charge is -2.26. The van der Waals surface area contributed by atoms with E-state index in [9.17, 15) is 16.8 Å². The molecule has 0 aliphatic heterocycles. The Hall–Kier alpha value is -0.750. The maximum atomic E-state index is 11.1. The molecule has 0 saturated heterocycles. The van der Waals surface area contributed by atoms with Crippen molar-refractivity contribution in [2.45, 2.75) is 25.4 Å². The lowest BCUT2D eigenvalue weighted by molar-refractivity contribution is 0.392. The fraction of sp³-hybridized carbons (Fsp3) is 0.400. The molecule has 0 unspecified atom stereocenters. The SMILES string of the molecule is CC[C@H](NS(=O)(=O)O)[C@@H](NS(=O)(=O)O)c1ccccc1Cl. The van der Waals surface area contributed by atoms with Gasteiger partial charge >= 0.3 is 20.6 Å². The van der Waals surface area contributed by atoms with Crippen LogP contribution in [0.5, 0.6) is 0 Å². The lowest BCUT2D eigenvalue weighted by atomic mass is 9.99. The molecule has 0 saturated carbocycles. The molecule has 8 nitrogen and oxygen atoms in total. The smallest absolute Gasteiger partial charge is 0.273 e. The molecule has 0 aliphatic rings. The van der Waals surface area contributed by atoms with Crippen LogP contribution in [0.4, 0.5) is 0 Å². The molecule has 0 fully saturated rings. The molecule has 0 spiro atoms. The van der Waals surface area contributed by atoms with E-state index < -0.39 is 32.7 Å². The average Bonchev–Trinajstić information content (AvgIpc) is 2.32. The summed E-state index contributed by atoms with van der Waals surface area (Å²) in [6.07, 6.45) is 0.123. The third-order valence-corrected chi connectivity index (χ3v) is 4.16. The molecule has 11 heteroatoms. The summed E-state index contributed by atoms with van der Waals surface area (Å²) in [4.78, 5) is 0. The maximum Gasteiger partial charge on any atom is 0.333 e. The lowest BCUT2D eigenvalue weighted by Crippen LogP contribution is -2.45. The van der Waals surface area contributed by atoms with Gasteiger partial charge in [-0.15, -0.1) is 0 Å². The van der Waals surface area contributed by atoms with E-state index in [2.05, 4.69) is 0 Å². The van der Waals surface area contributed by atoms with Crippen LogP contribution in [0.3, 0.4) is 0 Å². The fourth-order valence-corrected chi connectivity index (χ4v) is 3.38. The van der Waals surface area contributed by atoms with Gasteiger partial charge < -0.3 is 0 Å². The molecule has 0 radical (unpaired) electrons. The molecule has 1 aromatic carbocycles. The largest absolute Gasteiger partial charge is 0.333 e. The first kappa shape index (κ1) is 18.3. The van der Waals surface area contributed by atoms with Crippen LogP contribution in [0.15, 0.2) is 24.3 Å². The Kier molecular flexibility index (Phi) is 6.11. The van der Waals surface area contributed by atoms with Gasteiger partial charge in [0.25, 0.3) is 0 Å². The third kappa shape index (κ3) is 6.26. The van der Waals surface area contributed by atoms with Crippen molar-refractivity contribution in [1.82, 2.24) is 9.44 Å². The van der Waals surface area contributed by atoms with Gasteiger partial charge in [0.15, 0.2) is 0 Å². The number of hydrogen-bond donors (Lipinski definition) is 4. The van der Waals surface area contributed by atoms with Crippen LogP contribution in [-0.4, -0.2) is 32.0 Å². The highest BCUT2D eigenvalue weighted by atomic mass is 35.5. The minimum absolute atomic E-state index is 0.123. The van der Waals surface area contributed by atoms with Crippen molar-refractivity contribution in [2.24, 2.45) is 0 Å². The van der Waals surface area contributed by atoms with Gasteiger partial charge in [-0.1, -0.05) is 36.7 Å². The van der Waals surface area contributed by atoms with Crippen molar-refractivity contribution < 1.29 is 25.9 Å². The van der Waals surface area contributed by atoms with E-state index in [0.29, 0.717) is 0 Å². The van der Waals surface area contributed by atoms with Gasteiger partial charge in [-0.3, -0.25) is 9.11 Å². The highest BCUT2D eigenvalue weighted by molar-refractivity contribution is 7.84. The van der Waals surface area contributed by atoms with Crippen LogP contribution >= 0.6 is 11.6 Å².